The van der Waals surface area contributed by atoms with Gasteiger partial charge in [0.05, 0.1) is 0 Å². The molecule has 2 rings (SSSR count). The Morgan fingerprint density at radius 3 is 1.74 bits per heavy atom. The first-order valence-electron chi connectivity index (χ1n) is 10.2. The van der Waals surface area contributed by atoms with Crippen molar-refractivity contribution in [2.45, 2.75) is 98.6 Å². The van der Waals surface area contributed by atoms with Crippen molar-refractivity contribution < 1.29 is 14.3 Å². The van der Waals surface area contributed by atoms with E-state index in [1.807, 2.05) is 48.5 Å². The number of hydrogen-bond donors (Lipinski definition) is 1. The molecule has 156 valence electrons. The first-order valence-corrected chi connectivity index (χ1v) is 10.2. The van der Waals surface area contributed by atoms with E-state index in [2.05, 4.69) is 41.2 Å². The minimum absolute atomic E-state index is 0.318. The number of carbonyl (C=O) groups is 2. The second-order valence-electron chi connectivity index (χ2n) is 7.07. The molecule has 1 N–H and O–H groups in total. The molecule has 1 amide bonds. The van der Waals surface area contributed by atoms with E-state index in [9.17, 15) is 9.59 Å². The Morgan fingerprint density at radius 1 is 0.926 bits per heavy atom. The lowest BCUT2D eigenvalue weighted by atomic mass is 9.81. The Balaban J connectivity index is 0. The molecule has 1 saturated carbocycles. The van der Waals surface area contributed by atoms with Crippen LogP contribution >= 0.6 is 0 Å². The fourth-order valence-electron chi connectivity index (χ4n) is 2.67. The van der Waals surface area contributed by atoms with Gasteiger partial charge in [-0.3, -0.25) is 9.59 Å². The molecule has 1 aromatic carbocycles. The summed E-state index contributed by atoms with van der Waals surface area (Å²) in [5.74, 6) is 0.685. The summed E-state index contributed by atoms with van der Waals surface area (Å²) in [6, 6.07) is 9.26. The summed E-state index contributed by atoms with van der Waals surface area (Å²) in [4.78, 5) is 19.9. The zero-order valence-electron chi connectivity index (χ0n) is 18.7. The van der Waals surface area contributed by atoms with Gasteiger partial charge >= 0.3 is 0 Å². The lowest BCUT2D eigenvalue weighted by Gasteiger charge is -2.28. The fourth-order valence-corrected chi connectivity index (χ4v) is 2.67. The molecule has 27 heavy (non-hydrogen) atoms. The van der Waals surface area contributed by atoms with Crippen molar-refractivity contribution in [3.05, 3.63) is 35.4 Å². The fraction of sp³-hybridized carbons (Fsp3) is 0.652. The highest BCUT2D eigenvalue weighted by Crippen LogP contribution is 2.32. The van der Waals surface area contributed by atoms with Gasteiger partial charge in [-0.2, -0.15) is 0 Å². The van der Waals surface area contributed by atoms with Crippen LogP contribution in [-0.4, -0.2) is 24.5 Å². The summed E-state index contributed by atoms with van der Waals surface area (Å²) in [5, 5.41) is 2.89. The van der Waals surface area contributed by atoms with E-state index in [1.54, 1.807) is 0 Å². The van der Waals surface area contributed by atoms with Crippen LogP contribution in [0.3, 0.4) is 0 Å². The van der Waals surface area contributed by atoms with Crippen molar-refractivity contribution in [2.75, 3.05) is 0 Å². The average Bonchev–Trinajstić information content (AvgIpc) is 2.66. The summed E-state index contributed by atoms with van der Waals surface area (Å²) in [5.41, 5.74) is 2.46. The number of aryl methyl sites for hydroxylation is 1. The van der Waals surface area contributed by atoms with Gasteiger partial charge in [0, 0.05) is 6.04 Å². The van der Waals surface area contributed by atoms with E-state index >= 15 is 0 Å². The molecule has 1 aromatic rings. The van der Waals surface area contributed by atoms with Gasteiger partial charge in [-0.05, 0) is 64.9 Å². The third-order valence-electron chi connectivity index (χ3n) is 3.98. The summed E-state index contributed by atoms with van der Waals surface area (Å²) in [6.45, 7) is 16.0. The summed E-state index contributed by atoms with van der Waals surface area (Å²) < 4.78 is 4.55. The van der Waals surface area contributed by atoms with Crippen LogP contribution in [0.25, 0.3) is 0 Å². The van der Waals surface area contributed by atoms with Crippen molar-refractivity contribution in [2.24, 2.45) is 0 Å². The molecule has 1 aliphatic carbocycles. The quantitative estimate of drug-likeness (QED) is 0.675. The topological polar surface area (TPSA) is 55.4 Å². The van der Waals surface area contributed by atoms with Gasteiger partial charge in [0.2, 0.25) is 6.41 Å². The second-order valence-corrected chi connectivity index (χ2v) is 7.07. The number of carbonyl (C=O) groups excluding carboxylic acids is 2. The van der Waals surface area contributed by atoms with Crippen molar-refractivity contribution >= 4 is 12.9 Å². The van der Waals surface area contributed by atoms with Crippen LogP contribution in [0.2, 0.25) is 0 Å². The molecule has 0 spiro atoms. The highest BCUT2D eigenvalue weighted by atomic mass is 16.5. The minimum Gasteiger partial charge on any atom is -0.462 e. The van der Waals surface area contributed by atoms with E-state index in [0.717, 1.165) is 19.3 Å². The summed E-state index contributed by atoms with van der Waals surface area (Å²) in [7, 11) is 0. The number of rotatable bonds is 4. The van der Waals surface area contributed by atoms with E-state index in [4.69, 9.17) is 0 Å². The van der Waals surface area contributed by atoms with Gasteiger partial charge < -0.3 is 10.1 Å². The average molecular weight is 380 g/mol. The highest BCUT2D eigenvalue weighted by Gasteiger charge is 2.21. The first kappa shape index (κ1) is 27.4. The first-order chi connectivity index (χ1) is 12.9. The normalized spacial score (nSPS) is 18.1. The molecular weight excluding hydrogens is 338 g/mol. The lowest BCUT2D eigenvalue weighted by molar-refractivity contribution is -0.138. The Labute approximate surface area is 167 Å². The Morgan fingerprint density at radius 2 is 1.41 bits per heavy atom. The zero-order valence-corrected chi connectivity index (χ0v) is 18.7. The SMILES string of the molecule is CC.CC.CC(C)(C)OC=O.Cc1ccc(C2CCC(NC=O)CC2)cc1. The Bertz CT molecular complexity index is 469. The number of ether oxygens (including phenoxy) is 1. The molecule has 1 fully saturated rings. The van der Waals surface area contributed by atoms with Gasteiger partial charge in [-0.25, -0.2) is 0 Å². The van der Waals surface area contributed by atoms with Crippen LogP contribution in [0.15, 0.2) is 24.3 Å². The highest BCUT2D eigenvalue weighted by molar-refractivity contribution is 5.46. The molecule has 4 heteroatoms. The van der Waals surface area contributed by atoms with Crippen molar-refractivity contribution in [1.82, 2.24) is 5.32 Å². The van der Waals surface area contributed by atoms with E-state index in [-0.39, 0.29) is 5.60 Å². The van der Waals surface area contributed by atoms with Crippen LogP contribution in [0, 0.1) is 6.92 Å². The predicted octanol–water partition coefficient (Wildman–Crippen LogP) is 5.78. The molecular formula is C23H41NO3. The molecule has 0 radical (unpaired) electrons. The van der Waals surface area contributed by atoms with Crippen LogP contribution in [-0.2, 0) is 14.3 Å². The smallest absolute Gasteiger partial charge is 0.293 e. The van der Waals surface area contributed by atoms with Crippen molar-refractivity contribution in [3.63, 3.8) is 0 Å². The molecule has 0 heterocycles. The van der Waals surface area contributed by atoms with E-state index < -0.39 is 0 Å². The standard InChI is InChI=1S/C14H19NO.C5H10O2.2C2H6/c1-11-2-4-12(5-3-11)13-6-8-14(9-7-13)15-10-16;1-5(2,3)7-4-6;2*1-2/h2-5,10,13-14H,6-9H2,1H3,(H,15,16);4H,1-3H3;2*1-2H3. The van der Waals surface area contributed by atoms with E-state index in [1.165, 1.54) is 24.0 Å². The van der Waals surface area contributed by atoms with Gasteiger partial charge in [0.25, 0.3) is 6.47 Å². The van der Waals surface area contributed by atoms with Crippen LogP contribution < -0.4 is 5.32 Å². The third kappa shape index (κ3) is 14.0. The molecule has 0 aromatic heterocycles. The van der Waals surface area contributed by atoms with E-state index in [0.29, 0.717) is 18.4 Å². The molecule has 4 nitrogen and oxygen atoms in total. The number of benzene rings is 1. The van der Waals surface area contributed by atoms with Crippen LogP contribution in [0.5, 0.6) is 0 Å². The van der Waals surface area contributed by atoms with Crippen LogP contribution in [0.4, 0.5) is 0 Å². The summed E-state index contributed by atoms with van der Waals surface area (Å²) in [6.07, 6.45) is 5.43. The maximum Gasteiger partial charge on any atom is 0.293 e. The molecule has 0 atom stereocenters. The largest absolute Gasteiger partial charge is 0.462 e. The van der Waals surface area contributed by atoms with Crippen molar-refractivity contribution in [1.29, 1.82) is 0 Å². The zero-order chi connectivity index (χ0) is 21.3. The molecule has 0 aliphatic heterocycles. The van der Waals surface area contributed by atoms with Crippen LogP contribution in [0.1, 0.15) is 91.2 Å². The molecule has 0 unspecified atom stereocenters. The van der Waals surface area contributed by atoms with Gasteiger partial charge in [0.15, 0.2) is 0 Å². The van der Waals surface area contributed by atoms with Crippen molar-refractivity contribution in [3.8, 4) is 0 Å². The monoisotopic (exact) mass is 379 g/mol. The number of hydrogen-bond acceptors (Lipinski definition) is 3. The maximum absolute atomic E-state index is 10.4. The Kier molecular flexibility index (Phi) is 16.6. The molecule has 0 bridgehead atoms. The Hall–Kier alpha value is -1.84. The molecule has 0 saturated heterocycles. The van der Waals surface area contributed by atoms with Gasteiger partial charge in [-0.15, -0.1) is 0 Å². The minimum atomic E-state index is -0.318. The lowest BCUT2D eigenvalue weighted by Crippen LogP contribution is -2.31. The number of nitrogens with one attached hydrogen (secondary N) is 1. The summed E-state index contributed by atoms with van der Waals surface area (Å²) >= 11 is 0. The second kappa shape index (κ2) is 16.3. The van der Waals surface area contributed by atoms with Gasteiger partial charge in [-0.1, -0.05) is 57.5 Å². The van der Waals surface area contributed by atoms with Gasteiger partial charge in [0.1, 0.15) is 5.60 Å². The maximum atomic E-state index is 10.4. The third-order valence-corrected chi connectivity index (χ3v) is 3.98. The molecule has 1 aliphatic rings. The predicted molar refractivity (Wildman–Crippen MR) is 115 cm³/mol. The number of amides is 1.